The fourth-order valence-corrected chi connectivity index (χ4v) is 3.77. The van der Waals surface area contributed by atoms with Gasteiger partial charge >= 0.3 is 17.7 Å². The Kier molecular flexibility index (Phi) is 5.75. The van der Waals surface area contributed by atoms with Crippen LogP contribution in [0.3, 0.4) is 0 Å². The molecule has 1 aliphatic carbocycles. The number of carboxylic acid groups (broad SMARTS) is 1. The van der Waals surface area contributed by atoms with E-state index in [9.17, 15) is 23.2 Å². The molecular weight excluding hydrogens is 426 g/mol. The number of carbonyl (C=O) groups excluding carboxylic acids is 1. The predicted molar refractivity (Wildman–Crippen MR) is 107 cm³/mol. The average molecular weight is 444 g/mol. The third-order valence-corrected chi connectivity index (χ3v) is 5.30. The highest BCUT2D eigenvalue weighted by Gasteiger charge is 2.31. The molecule has 10 nitrogen and oxygen atoms in total. The molecule has 1 saturated carbocycles. The molecule has 2 aromatic heterocycles. The van der Waals surface area contributed by atoms with Gasteiger partial charge in [0.25, 0.3) is 0 Å². The lowest BCUT2D eigenvalue weighted by atomic mass is 9.94. The minimum Gasteiger partial charge on any atom is -0.477 e. The Bertz CT molecular complexity index is 1200. The molecule has 1 aromatic carbocycles. The van der Waals surface area contributed by atoms with E-state index < -0.39 is 35.0 Å². The number of benzene rings is 1. The summed E-state index contributed by atoms with van der Waals surface area (Å²) in [6.07, 6.45) is 5.24. The van der Waals surface area contributed by atoms with Crippen molar-refractivity contribution in [2.75, 3.05) is 4.90 Å². The Morgan fingerprint density at radius 3 is 2.31 bits per heavy atom. The van der Waals surface area contributed by atoms with Gasteiger partial charge in [0.2, 0.25) is 0 Å². The van der Waals surface area contributed by atoms with Gasteiger partial charge in [0, 0.05) is 6.04 Å². The van der Waals surface area contributed by atoms with Gasteiger partial charge in [0.15, 0.2) is 11.6 Å². The largest absolute Gasteiger partial charge is 0.477 e. The van der Waals surface area contributed by atoms with E-state index in [2.05, 4.69) is 15.4 Å². The normalized spacial score (nSPS) is 14.3. The Labute approximate surface area is 179 Å². The Morgan fingerprint density at radius 2 is 1.72 bits per heavy atom. The molecule has 1 aliphatic rings. The second kappa shape index (κ2) is 8.65. The summed E-state index contributed by atoms with van der Waals surface area (Å²) in [7, 11) is 0. The summed E-state index contributed by atoms with van der Waals surface area (Å²) < 4.78 is 29.0. The van der Waals surface area contributed by atoms with Crippen LogP contribution >= 0.6 is 0 Å². The fourth-order valence-electron chi connectivity index (χ4n) is 3.77. The van der Waals surface area contributed by atoms with Crippen molar-refractivity contribution < 1.29 is 23.5 Å². The molecule has 32 heavy (non-hydrogen) atoms. The number of carbonyl (C=O) groups is 2. The number of aromatic carboxylic acids is 1. The second-order valence-corrected chi connectivity index (χ2v) is 7.31. The number of pyridine rings is 1. The molecule has 0 bridgehead atoms. The maximum absolute atomic E-state index is 14.1. The average Bonchev–Trinajstić information content (AvgIpc) is 3.16. The molecule has 0 spiro atoms. The quantitative estimate of drug-likeness (QED) is 0.614. The van der Waals surface area contributed by atoms with Crippen LogP contribution in [0, 0.1) is 11.6 Å². The first-order valence-corrected chi connectivity index (χ1v) is 9.91. The van der Waals surface area contributed by atoms with Crippen LogP contribution in [0.15, 0.2) is 41.3 Å². The zero-order valence-electron chi connectivity index (χ0n) is 16.7. The van der Waals surface area contributed by atoms with Crippen molar-refractivity contribution in [3.63, 3.8) is 0 Å². The minimum atomic E-state index is -1.22. The van der Waals surface area contributed by atoms with Gasteiger partial charge in [0.1, 0.15) is 11.4 Å². The summed E-state index contributed by atoms with van der Waals surface area (Å²) in [5.74, 6) is -3.30. The van der Waals surface area contributed by atoms with Gasteiger partial charge in [-0.05, 0) is 47.5 Å². The molecule has 1 amide bonds. The van der Waals surface area contributed by atoms with Gasteiger partial charge < -0.3 is 5.11 Å². The highest BCUT2D eigenvalue weighted by Crippen LogP contribution is 2.28. The van der Waals surface area contributed by atoms with Gasteiger partial charge in [-0.3, -0.25) is 4.90 Å². The lowest BCUT2D eigenvalue weighted by Crippen LogP contribution is -2.47. The van der Waals surface area contributed by atoms with Gasteiger partial charge in [-0.1, -0.05) is 25.3 Å². The molecule has 0 unspecified atom stereocenters. The zero-order valence-corrected chi connectivity index (χ0v) is 16.7. The maximum atomic E-state index is 14.1. The van der Waals surface area contributed by atoms with Crippen LogP contribution in [0.1, 0.15) is 42.6 Å². The molecule has 0 radical (unpaired) electrons. The van der Waals surface area contributed by atoms with Crippen LogP contribution < -0.4 is 10.6 Å². The first-order valence-electron chi connectivity index (χ1n) is 9.91. The van der Waals surface area contributed by atoms with Crippen LogP contribution in [0.25, 0.3) is 5.69 Å². The summed E-state index contributed by atoms with van der Waals surface area (Å²) in [5.41, 5.74) is -1.82. The van der Waals surface area contributed by atoms with E-state index in [0.717, 1.165) is 37.5 Å². The van der Waals surface area contributed by atoms with Crippen molar-refractivity contribution in [1.82, 2.24) is 24.8 Å². The monoisotopic (exact) mass is 444 g/mol. The smallest absolute Gasteiger partial charge is 0.377 e. The molecule has 0 aliphatic heterocycles. The van der Waals surface area contributed by atoms with Crippen LogP contribution in [0.2, 0.25) is 0 Å². The lowest BCUT2D eigenvalue weighted by Gasteiger charge is -2.33. The number of anilines is 1. The van der Waals surface area contributed by atoms with Gasteiger partial charge in [-0.2, -0.15) is 4.68 Å². The predicted octanol–water partition coefficient (Wildman–Crippen LogP) is 2.61. The number of aromatic nitrogens is 5. The Morgan fingerprint density at radius 1 is 1.03 bits per heavy atom. The highest BCUT2D eigenvalue weighted by molar-refractivity contribution is 5.94. The SMILES string of the molecule is O=C(O)c1ccc(N(C(=O)n2nnn(-c3c(F)cccc3F)c2=O)C2CCCCC2)cn1. The first-order chi connectivity index (χ1) is 15.4. The van der Waals surface area contributed by atoms with E-state index in [0.29, 0.717) is 22.2 Å². The Balaban J connectivity index is 1.76. The number of nitrogens with zero attached hydrogens (tertiary/aromatic N) is 6. The van der Waals surface area contributed by atoms with E-state index in [1.807, 2.05) is 0 Å². The van der Waals surface area contributed by atoms with E-state index in [4.69, 9.17) is 5.11 Å². The zero-order chi connectivity index (χ0) is 22.8. The summed E-state index contributed by atoms with van der Waals surface area (Å²) in [6, 6.07) is 4.52. The van der Waals surface area contributed by atoms with Crippen LogP contribution in [0.4, 0.5) is 19.3 Å². The number of rotatable bonds is 4. The first kappa shape index (κ1) is 21.3. The molecule has 1 fully saturated rings. The van der Waals surface area contributed by atoms with E-state index in [1.165, 1.54) is 23.2 Å². The standard InChI is InChI=1S/C20H18F2N6O4/c21-14-7-4-8-15(22)17(14)27-20(32)28(25-24-27)19(31)26(12-5-2-1-3-6-12)13-9-10-16(18(29)30)23-11-13/h4,7-12H,1-3,5-6H2,(H,29,30). The Hall–Kier alpha value is -3.96. The summed E-state index contributed by atoms with van der Waals surface area (Å²) in [5, 5.41) is 16.1. The third kappa shape index (κ3) is 3.86. The number of para-hydroxylation sites is 1. The lowest BCUT2D eigenvalue weighted by molar-refractivity contribution is 0.0690. The van der Waals surface area contributed by atoms with Crippen molar-refractivity contribution in [3.05, 3.63) is 64.3 Å². The van der Waals surface area contributed by atoms with Crippen molar-refractivity contribution in [1.29, 1.82) is 0 Å². The van der Waals surface area contributed by atoms with Crippen LogP contribution in [-0.2, 0) is 0 Å². The molecular formula is C20H18F2N6O4. The number of halogens is 2. The van der Waals surface area contributed by atoms with Crippen LogP contribution in [-0.4, -0.2) is 47.9 Å². The highest BCUT2D eigenvalue weighted by atomic mass is 19.1. The molecule has 0 atom stereocenters. The molecule has 1 N–H and O–H groups in total. The molecule has 2 heterocycles. The molecule has 4 rings (SSSR count). The van der Waals surface area contributed by atoms with Crippen molar-refractivity contribution in [3.8, 4) is 5.69 Å². The van der Waals surface area contributed by atoms with Gasteiger partial charge in [0.05, 0.1) is 11.9 Å². The van der Waals surface area contributed by atoms with E-state index >= 15 is 0 Å². The van der Waals surface area contributed by atoms with Crippen molar-refractivity contribution in [2.24, 2.45) is 0 Å². The van der Waals surface area contributed by atoms with Gasteiger partial charge in [-0.25, -0.2) is 28.1 Å². The van der Waals surface area contributed by atoms with Crippen molar-refractivity contribution in [2.45, 2.75) is 38.1 Å². The summed E-state index contributed by atoms with van der Waals surface area (Å²) in [6.45, 7) is 0. The molecule has 12 heteroatoms. The summed E-state index contributed by atoms with van der Waals surface area (Å²) >= 11 is 0. The minimum absolute atomic E-state index is 0.206. The number of amides is 1. The molecule has 3 aromatic rings. The van der Waals surface area contributed by atoms with Gasteiger partial charge in [-0.15, -0.1) is 4.68 Å². The third-order valence-electron chi connectivity index (χ3n) is 5.30. The second-order valence-electron chi connectivity index (χ2n) is 7.31. The number of carboxylic acids is 1. The topological polar surface area (TPSA) is 123 Å². The fraction of sp³-hybridized carbons (Fsp3) is 0.300. The number of hydrogen-bond acceptors (Lipinski definition) is 6. The van der Waals surface area contributed by atoms with E-state index in [1.54, 1.807) is 0 Å². The summed E-state index contributed by atoms with van der Waals surface area (Å²) in [4.78, 5) is 42.4. The number of tetrazole rings is 1. The molecule has 0 saturated heterocycles. The van der Waals surface area contributed by atoms with E-state index in [-0.39, 0.29) is 17.4 Å². The van der Waals surface area contributed by atoms with Crippen molar-refractivity contribution >= 4 is 17.7 Å². The van der Waals surface area contributed by atoms with Crippen LogP contribution in [0.5, 0.6) is 0 Å². The maximum Gasteiger partial charge on any atom is 0.377 e. The number of hydrogen-bond donors (Lipinski definition) is 1. The molecule has 166 valence electrons.